The van der Waals surface area contributed by atoms with E-state index in [1.807, 2.05) is 0 Å². The summed E-state index contributed by atoms with van der Waals surface area (Å²) in [6, 6.07) is 0. The predicted molar refractivity (Wildman–Crippen MR) is 293 cm³/mol. The fourth-order valence-electron chi connectivity index (χ4n) is 8.64. The molecule has 0 aliphatic heterocycles. The van der Waals surface area contributed by atoms with Crippen LogP contribution < -0.4 is 0 Å². The highest BCUT2D eigenvalue weighted by molar-refractivity contribution is 5.71. The second-order valence-corrected chi connectivity index (χ2v) is 19.9. The van der Waals surface area contributed by atoms with Crippen LogP contribution >= 0.6 is 0 Å². The Morgan fingerprint density at radius 2 is 0.603 bits per heavy atom. The van der Waals surface area contributed by atoms with Gasteiger partial charge in [-0.25, -0.2) is 0 Å². The van der Waals surface area contributed by atoms with Crippen LogP contribution in [0.1, 0.15) is 310 Å². The smallest absolute Gasteiger partial charge is 0.306 e. The lowest BCUT2D eigenvalue weighted by molar-refractivity contribution is -0.167. The molecule has 0 spiro atoms. The van der Waals surface area contributed by atoms with Crippen molar-refractivity contribution in [2.75, 3.05) is 13.2 Å². The van der Waals surface area contributed by atoms with Gasteiger partial charge in [-0.15, -0.1) is 0 Å². The zero-order valence-electron chi connectivity index (χ0n) is 45.4. The van der Waals surface area contributed by atoms with Crippen LogP contribution in [0.4, 0.5) is 0 Å². The van der Waals surface area contributed by atoms with Gasteiger partial charge in [0, 0.05) is 19.3 Å². The second-order valence-electron chi connectivity index (χ2n) is 19.9. The van der Waals surface area contributed by atoms with Gasteiger partial charge >= 0.3 is 17.9 Å². The van der Waals surface area contributed by atoms with E-state index in [1.54, 1.807) is 0 Å². The molecule has 68 heavy (non-hydrogen) atoms. The Hall–Kier alpha value is -2.63. The molecule has 6 heteroatoms. The number of ether oxygens (including phenoxy) is 3. The van der Waals surface area contributed by atoms with E-state index in [0.29, 0.717) is 19.3 Å². The second kappa shape index (κ2) is 57.0. The van der Waals surface area contributed by atoms with Gasteiger partial charge in [-0.2, -0.15) is 0 Å². The SMILES string of the molecule is CC/C=C\C/C=C\C/C=C\CCCCCC(=O)OC(COC(=O)CCCCCCC/C=C\CCC)COC(=O)CCCCCCCCCCCCCCCCCCCCCCCCCCCCC. The minimum atomic E-state index is -0.789. The first-order valence-corrected chi connectivity index (χ1v) is 29.6. The molecule has 1 unspecified atom stereocenters. The molecule has 396 valence electrons. The number of hydrogen-bond donors (Lipinski definition) is 0. The van der Waals surface area contributed by atoms with Gasteiger partial charge in [0.05, 0.1) is 0 Å². The summed E-state index contributed by atoms with van der Waals surface area (Å²) in [4.78, 5) is 38.0. The van der Waals surface area contributed by atoms with Crippen molar-refractivity contribution in [1.29, 1.82) is 0 Å². The third-order valence-corrected chi connectivity index (χ3v) is 13.0. The van der Waals surface area contributed by atoms with Crippen LogP contribution in [0, 0.1) is 0 Å². The first-order chi connectivity index (χ1) is 33.5. The van der Waals surface area contributed by atoms with E-state index in [-0.39, 0.29) is 31.1 Å². The molecule has 0 aromatic heterocycles. The van der Waals surface area contributed by atoms with E-state index < -0.39 is 6.10 Å². The Morgan fingerprint density at radius 1 is 0.309 bits per heavy atom. The number of carbonyl (C=O) groups is 3. The van der Waals surface area contributed by atoms with Crippen molar-refractivity contribution in [2.45, 2.75) is 316 Å². The molecule has 0 aromatic rings. The highest BCUT2D eigenvalue weighted by Gasteiger charge is 2.19. The highest BCUT2D eigenvalue weighted by Crippen LogP contribution is 2.17. The molecular formula is C62H112O6. The van der Waals surface area contributed by atoms with E-state index >= 15 is 0 Å². The molecule has 0 amide bonds. The van der Waals surface area contributed by atoms with Gasteiger partial charge in [-0.05, 0) is 70.6 Å². The summed E-state index contributed by atoms with van der Waals surface area (Å²) < 4.78 is 16.8. The molecule has 6 nitrogen and oxygen atoms in total. The van der Waals surface area contributed by atoms with Gasteiger partial charge in [-0.3, -0.25) is 14.4 Å². The molecule has 0 bridgehead atoms. The average molecular weight is 954 g/mol. The van der Waals surface area contributed by atoms with E-state index in [0.717, 1.165) is 96.3 Å². The van der Waals surface area contributed by atoms with Gasteiger partial charge < -0.3 is 14.2 Å². The first kappa shape index (κ1) is 65.4. The molecule has 0 aliphatic rings. The van der Waals surface area contributed by atoms with Crippen molar-refractivity contribution in [2.24, 2.45) is 0 Å². The molecule has 1 atom stereocenters. The number of carbonyl (C=O) groups excluding carboxylic acids is 3. The van der Waals surface area contributed by atoms with Crippen LogP contribution in [0.5, 0.6) is 0 Å². The van der Waals surface area contributed by atoms with Crippen molar-refractivity contribution in [3.05, 3.63) is 48.6 Å². The predicted octanol–water partition coefficient (Wildman–Crippen LogP) is 19.8. The molecule has 0 rings (SSSR count). The quantitative estimate of drug-likeness (QED) is 0.0262. The standard InChI is InChI=1S/C62H112O6/c1-4-7-10-13-16-19-22-24-25-26-27-28-29-30-31-32-33-34-35-36-37-39-40-43-46-49-52-55-61(64)67-58-59(57-66-60(63)54-51-48-45-42-21-18-15-12-9-6-3)68-62(65)56-53-50-47-44-41-38-23-20-17-14-11-8-5-2/h8,11-12,15,17,20,38,41,59H,4-7,9-10,13-14,16,18-19,21-37,39-40,42-58H2,1-3H3/b11-8-,15-12-,20-17-,41-38-. The maximum absolute atomic E-state index is 12.8. The van der Waals surface area contributed by atoms with Crippen molar-refractivity contribution >= 4 is 17.9 Å². The number of hydrogen-bond acceptors (Lipinski definition) is 6. The molecule has 0 fully saturated rings. The molecule has 0 heterocycles. The van der Waals surface area contributed by atoms with E-state index in [9.17, 15) is 14.4 Å². The average Bonchev–Trinajstić information content (AvgIpc) is 3.34. The fraction of sp³-hybridized carbons (Fsp3) is 0.823. The topological polar surface area (TPSA) is 78.9 Å². The van der Waals surface area contributed by atoms with Gasteiger partial charge in [0.2, 0.25) is 0 Å². The number of rotatable bonds is 54. The van der Waals surface area contributed by atoms with Gasteiger partial charge in [0.25, 0.3) is 0 Å². The van der Waals surface area contributed by atoms with Crippen molar-refractivity contribution in [1.82, 2.24) is 0 Å². The Bertz CT molecular complexity index is 1190. The molecular weight excluding hydrogens is 841 g/mol. The normalized spacial score (nSPS) is 12.3. The van der Waals surface area contributed by atoms with Crippen molar-refractivity contribution in [3.63, 3.8) is 0 Å². The minimum Gasteiger partial charge on any atom is -0.462 e. The van der Waals surface area contributed by atoms with Crippen molar-refractivity contribution in [3.8, 4) is 0 Å². The zero-order chi connectivity index (χ0) is 49.3. The first-order valence-electron chi connectivity index (χ1n) is 29.6. The maximum atomic E-state index is 12.8. The lowest BCUT2D eigenvalue weighted by Gasteiger charge is -2.18. The van der Waals surface area contributed by atoms with Crippen LogP contribution in [0.3, 0.4) is 0 Å². The Morgan fingerprint density at radius 3 is 0.985 bits per heavy atom. The zero-order valence-corrected chi connectivity index (χ0v) is 45.4. The largest absolute Gasteiger partial charge is 0.462 e. The Balaban J connectivity index is 4.12. The maximum Gasteiger partial charge on any atom is 0.306 e. The summed E-state index contributed by atoms with van der Waals surface area (Å²) >= 11 is 0. The minimum absolute atomic E-state index is 0.0851. The summed E-state index contributed by atoms with van der Waals surface area (Å²) in [6.45, 7) is 6.46. The van der Waals surface area contributed by atoms with E-state index in [1.165, 1.54) is 173 Å². The Kier molecular flexibility index (Phi) is 54.8. The van der Waals surface area contributed by atoms with Crippen LogP contribution in [0.15, 0.2) is 48.6 Å². The van der Waals surface area contributed by atoms with Crippen LogP contribution in [-0.4, -0.2) is 37.2 Å². The molecule has 0 radical (unpaired) electrons. The lowest BCUT2D eigenvalue weighted by Crippen LogP contribution is -2.30. The molecule has 0 saturated heterocycles. The van der Waals surface area contributed by atoms with Gasteiger partial charge in [0.1, 0.15) is 13.2 Å². The summed E-state index contributed by atoms with van der Waals surface area (Å²) in [5, 5.41) is 0. The van der Waals surface area contributed by atoms with Gasteiger partial charge in [-0.1, -0.05) is 268 Å². The molecule has 0 aromatic carbocycles. The molecule has 0 N–H and O–H groups in total. The lowest BCUT2D eigenvalue weighted by atomic mass is 10.0. The highest BCUT2D eigenvalue weighted by atomic mass is 16.6. The summed E-state index contributed by atoms with van der Waals surface area (Å²) in [7, 11) is 0. The fourth-order valence-corrected chi connectivity index (χ4v) is 8.64. The Labute approximate surface area is 422 Å². The molecule has 0 saturated carbocycles. The van der Waals surface area contributed by atoms with Crippen LogP contribution in [0.25, 0.3) is 0 Å². The summed E-state index contributed by atoms with van der Waals surface area (Å²) in [6.07, 6.45) is 70.0. The van der Waals surface area contributed by atoms with Gasteiger partial charge in [0.15, 0.2) is 6.10 Å². The molecule has 0 aliphatic carbocycles. The third kappa shape index (κ3) is 54.3. The monoisotopic (exact) mass is 953 g/mol. The number of unbranched alkanes of at least 4 members (excludes halogenated alkanes) is 35. The van der Waals surface area contributed by atoms with Crippen LogP contribution in [0.2, 0.25) is 0 Å². The summed E-state index contributed by atoms with van der Waals surface area (Å²) in [5.41, 5.74) is 0. The van der Waals surface area contributed by atoms with Crippen LogP contribution in [-0.2, 0) is 28.6 Å². The third-order valence-electron chi connectivity index (χ3n) is 13.0. The number of allylic oxidation sites excluding steroid dienone is 8. The summed E-state index contributed by atoms with van der Waals surface area (Å²) in [5.74, 6) is -0.915. The number of esters is 3. The van der Waals surface area contributed by atoms with E-state index in [2.05, 4.69) is 69.4 Å². The van der Waals surface area contributed by atoms with E-state index in [4.69, 9.17) is 14.2 Å². The van der Waals surface area contributed by atoms with Crippen molar-refractivity contribution < 1.29 is 28.6 Å².